The van der Waals surface area contributed by atoms with Crippen molar-refractivity contribution in [1.29, 1.82) is 0 Å². The monoisotopic (exact) mass is 1250 g/mol. The Morgan fingerprint density at radius 3 is 1.00 bits per heavy atom. The maximum atomic E-state index is 13.4. The van der Waals surface area contributed by atoms with Crippen LogP contribution in [0.15, 0.2) is 0 Å². The number of hydrogen-bond acceptors (Lipinski definition) is 18. The molecule has 3 rings (SSSR count). The highest BCUT2D eigenvalue weighted by Crippen LogP contribution is 2.33. The fraction of sp³-hybridized carbons (Fsp3) is 0.985. The molecular weight excluding hydrogens is 1120 g/mol. The molecule has 19 heteroatoms. The summed E-state index contributed by atoms with van der Waals surface area (Å²) in [5, 5.41) is 121. The molecule has 0 saturated carbocycles. The fourth-order valence-electron chi connectivity index (χ4n) is 12.6. The molecule has 3 aliphatic rings. The summed E-state index contributed by atoms with van der Waals surface area (Å²) in [4.78, 5) is 13.4. The number of unbranched alkanes of at least 4 members (excludes halogenated alkanes) is 40. The topological polar surface area (TPSA) is 307 Å². The van der Waals surface area contributed by atoms with E-state index in [4.69, 9.17) is 28.4 Å². The summed E-state index contributed by atoms with van der Waals surface area (Å²) in [7, 11) is 0. The van der Waals surface area contributed by atoms with E-state index >= 15 is 0 Å². The summed E-state index contributed by atoms with van der Waals surface area (Å²) in [5.41, 5.74) is 0. The molecule has 17 atom stereocenters. The average molecular weight is 1250 g/mol. The molecule has 0 bridgehead atoms. The number of nitrogens with one attached hydrogen (secondary N) is 1. The number of hydrogen-bond donors (Lipinski definition) is 12. The van der Waals surface area contributed by atoms with Crippen molar-refractivity contribution in [2.24, 2.45) is 0 Å². The van der Waals surface area contributed by atoms with Gasteiger partial charge >= 0.3 is 0 Å². The van der Waals surface area contributed by atoms with Crippen LogP contribution in [-0.4, -0.2) is 193 Å². The lowest BCUT2D eigenvalue weighted by Crippen LogP contribution is -2.66. The first-order chi connectivity index (χ1) is 42.3. The van der Waals surface area contributed by atoms with E-state index in [1.807, 2.05) is 0 Å². The van der Waals surface area contributed by atoms with Crippen molar-refractivity contribution in [3.05, 3.63) is 0 Å². The van der Waals surface area contributed by atoms with Crippen LogP contribution in [0.25, 0.3) is 0 Å². The number of carbonyl (C=O) groups is 1. The smallest absolute Gasteiger partial charge is 0.220 e. The zero-order valence-electron chi connectivity index (χ0n) is 54.5. The van der Waals surface area contributed by atoms with Crippen LogP contribution in [0.1, 0.15) is 296 Å². The van der Waals surface area contributed by atoms with Crippen molar-refractivity contribution < 1.29 is 89.4 Å². The summed E-state index contributed by atoms with van der Waals surface area (Å²) in [6.07, 6.45) is 27.8. The van der Waals surface area contributed by atoms with Crippen molar-refractivity contribution >= 4 is 5.91 Å². The second-order valence-electron chi connectivity index (χ2n) is 26.1. The Balaban J connectivity index is 1.35. The molecule has 0 aromatic heterocycles. The molecule has 3 heterocycles. The van der Waals surface area contributed by atoms with Gasteiger partial charge in [0.25, 0.3) is 0 Å². The molecule has 17 unspecified atom stereocenters. The standard InChI is InChI=1S/C68H131NO18/c1-3-5-7-9-11-13-15-17-18-19-20-21-22-23-24-25-26-27-28-29-30-31-32-33-34-36-38-40-42-44-46-56(74)69-51(52(73)45-43-41-39-37-35-16-14-12-10-8-6-4-2)50-82-66-62(80)59(77)64(54(48-71)84-66)87-68-63(81)60(78)65(55(49-72)85-68)86-67-61(79)58(76)57(75)53(47-70)83-67/h51-55,57-68,70-73,75-81H,3-50H2,1-2H3,(H,69,74). The summed E-state index contributed by atoms with van der Waals surface area (Å²) < 4.78 is 34.4. The first kappa shape index (κ1) is 80.0. The predicted octanol–water partition coefficient (Wildman–Crippen LogP) is 9.50. The quantitative estimate of drug-likeness (QED) is 0.0252. The molecule has 516 valence electrons. The van der Waals surface area contributed by atoms with Gasteiger partial charge in [-0.1, -0.05) is 277 Å². The Kier molecular flexibility index (Phi) is 47.1. The summed E-state index contributed by atoms with van der Waals surface area (Å²) in [5.74, 6) is -0.236. The van der Waals surface area contributed by atoms with Gasteiger partial charge in [0.15, 0.2) is 18.9 Å². The molecule has 19 nitrogen and oxygen atoms in total. The minimum Gasteiger partial charge on any atom is -0.394 e. The van der Waals surface area contributed by atoms with Gasteiger partial charge in [0.2, 0.25) is 5.91 Å². The largest absolute Gasteiger partial charge is 0.394 e. The van der Waals surface area contributed by atoms with E-state index < -0.39 is 124 Å². The zero-order chi connectivity index (χ0) is 63.3. The molecule has 12 N–H and O–H groups in total. The van der Waals surface area contributed by atoms with E-state index in [0.29, 0.717) is 12.8 Å². The normalized spacial score (nSPS) is 28.5. The van der Waals surface area contributed by atoms with E-state index in [2.05, 4.69) is 19.2 Å². The van der Waals surface area contributed by atoms with Gasteiger partial charge in [-0.15, -0.1) is 0 Å². The highest BCUT2D eigenvalue weighted by Gasteiger charge is 2.53. The molecule has 1 amide bonds. The van der Waals surface area contributed by atoms with E-state index in [0.717, 1.165) is 44.9 Å². The number of ether oxygens (including phenoxy) is 6. The number of aliphatic hydroxyl groups excluding tert-OH is 11. The van der Waals surface area contributed by atoms with Crippen LogP contribution < -0.4 is 5.32 Å². The molecule has 0 aromatic carbocycles. The second-order valence-corrected chi connectivity index (χ2v) is 26.1. The van der Waals surface area contributed by atoms with Crippen molar-refractivity contribution in [2.45, 2.75) is 401 Å². The lowest BCUT2D eigenvalue weighted by Gasteiger charge is -2.48. The van der Waals surface area contributed by atoms with Gasteiger partial charge in [0.05, 0.1) is 38.6 Å². The van der Waals surface area contributed by atoms with Crippen molar-refractivity contribution in [3.63, 3.8) is 0 Å². The Bertz CT molecular complexity index is 1590. The Morgan fingerprint density at radius 2 is 0.655 bits per heavy atom. The molecule has 0 aliphatic carbocycles. The molecule has 0 radical (unpaired) electrons. The third-order valence-corrected chi connectivity index (χ3v) is 18.4. The minimum atomic E-state index is -1.97. The van der Waals surface area contributed by atoms with Crippen LogP contribution in [-0.2, 0) is 33.2 Å². The summed E-state index contributed by atoms with van der Waals surface area (Å²) >= 11 is 0. The van der Waals surface area contributed by atoms with Gasteiger partial charge in [-0.05, 0) is 12.8 Å². The number of aliphatic hydroxyl groups is 11. The Labute approximate surface area is 525 Å². The maximum Gasteiger partial charge on any atom is 0.220 e. The van der Waals surface area contributed by atoms with E-state index in [9.17, 15) is 61.0 Å². The van der Waals surface area contributed by atoms with Crippen LogP contribution in [0.3, 0.4) is 0 Å². The molecule has 87 heavy (non-hydrogen) atoms. The van der Waals surface area contributed by atoms with Gasteiger partial charge in [-0.25, -0.2) is 0 Å². The minimum absolute atomic E-state index is 0.236. The van der Waals surface area contributed by atoms with Crippen LogP contribution in [0.4, 0.5) is 0 Å². The molecule has 0 spiro atoms. The predicted molar refractivity (Wildman–Crippen MR) is 337 cm³/mol. The number of amides is 1. The van der Waals surface area contributed by atoms with Crippen molar-refractivity contribution in [1.82, 2.24) is 5.32 Å². The highest BCUT2D eigenvalue weighted by atomic mass is 16.8. The average Bonchev–Trinajstić information content (AvgIpc) is 2.14. The van der Waals surface area contributed by atoms with Gasteiger partial charge in [0.1, 0.15) is 73.2 Å². The fourth-order valence-corrected chi connectivity index (χ4v) is 12.6. The molecular formula is C68H131NO18. The Hall–Kier alpha value is -1.21. The van der Waals surface area contributed by atoms with Crippen LogP contribution >= 0.6 is 0 Å². The number of carbonyl (C=O) groups excluding carboxylic acids is 1. The lowest BCUT2D eigenvalue weighted by atomic mass is 9.96. The van der Waals surface area contributed by atoms with Crippen LogP contribution in [0.2, 0.25) is 0 Å². The lowest BCUT2D eigenvalue weighted by molar-refractivity contribution is -0.379. The Morgan fingerprint density at radius 1 is 0.368 bits per heavy atom. The second kappa shape index (κ2) is 51.2. The van der Waals surface area contributed by atoms with E-state index in [1.165, 1.54) is 218 Å². The molecule has 3 aliphatic heterocycles. The number of rotatable bonds is 56. The highest BCUT2D eigenvalue weighted by molar-refractivity contribution is 5.76. The first-order valence-corrected chi connectivity index (χ1v) is 35.8. The summed E-state index contributed by atoms with van der Waals surface area (Å²) in [6.45, 7) is 1.82. The zero-order valence-corrected chi connectivity index (χ0v) is 54.5. The molecule has 0 aromatic rings. The first-order valence-electron chi connectivity index (χ1n) is 35.8. The van der Waals surface area contributed by atoms with Gasteiger partial charge < -0.3 is 89.9 Å². The van der Waals surface area contributed by atoms with E-state index in [1.54, 1.807) is 0 Å². The van der Waals surface area contributed by atoms with E-state index in [-0.39, 0.29) is 18.9 Å². The maximum absolute atomic E-state index is 13.4. The third-order valence-electron chi connectivity index (χ3n) is 18.4. The van der Waals surface area contributed by atoms with Gasteiger partial charge in [0, 0.05) is 6.42 Å². The van der Waals surface area contributed by atoms with Gasteiger partial charge in [-0.3, -0.25) is 4.79 Å². The van der Waals surface area contributed by atoms with Crippen molar-refractivity contribution in [2.75, 3.05) is 26.4 Å². The van der Waals surface area contributed by atoms with Crippen molar-refractivity contribution in [3.8, 4) is 0 Å². The van der Waals surface area contributed by atoms with Crippen LogP contribution in [0, 0.1) is 0 Å². The SMILES string of the molecule is CCCCCCCCCCCCCCCCCCCCCCCCCCCCCCCCC(=O)NC(COC1OC(CO)C(OC2OC(CO)C(OC3OC(CO)C(O)C(O)C3O)C(O)C2O)C(O)C1O)C(O)CCCCCCCCCCCCCC. The third kappa shape index (κ3) is 33.5. The molecule has 3 fully saturated rings. The van der Waals surface area contributed by atoms with Crippen LogP contribution in [0.5, 0.6) is 0 Å². The van der Waals surface area contributed by atoms with Gasteiger partial charge in [-0.2, -0.15) is 0 Å². The summed E-state index contributed by atoms with van der Waals surface area (Å²) in [6, 6.07) is -0.880. The molecule has 3 saturated heterocycles.